The summed E-state index contributed by atoms with van der Waals surface area (Å²) >= 11 is 7.26. The molecule has 6 nitrogen and oxygen atoms in total. The van der Waals surface area contributed by atoms with Gasteiger partial charge in [0, 0.05) is 10.6 Å². The lowest BCUT2D eigenvalue weighted by Crippen LogP contribution is -2.30. The first-order valence-corrected chi connectivity index (χ1v) is 11.2. The van der Waals surface area contributed by atoms with E-state index >= 15 is 0 Å². The molecule has 3 N–H and O–H groups in total. The van der Waals surface area contributed by atoms with Crippen LogP contribution in [0, 0.1) is 0 Å². The minimum atomic E-state index is -4.61. The number of halogens is 4. The highest BCUT2D eigenvalue weighted by Gasteiger charge is 2.33. The topological polar surface area (TPSA) is 84.1 Å². The Morgan fingerprint density at radius 1 is 1.28 bits per heavy atom. The minimum Gasteiger partial charge on any atom is -0.383 e. The predicted octanol–water partition coefficient (Wildman–Crippen LogP) is 4.90. The summed E-state index contributed by atoms with van der Waals surface area (Å²) < 4.78 is 39.0. The Bertz CT molecular complexity index is 1180. The maximum absolute atomic E-state index is 13.0. The number of nitrogen functional groups attached to an aromatic ring is 1. The summed E-state index contributed by atoms with van der Waals surface area (Å²) in [5, 5.41) is 2.99. The van der Waals surface area contributed by atoms with Crippen LogP contribution < -0.4 is 11.1 Å². The number of nitrogens with one attached hydrogen (secondary N) is 1. The number of amides is 1. The molecule has 11 heteroatoms. The lowest BCUT2D eigenvalue weighted by atomic mass is 9.97. The van der Waals surface area contributed by atoms with E-state index in [1.54, 1.807) is 23.3 Å². The van der Waals surface area contributed by atoms with Crippen LogP contribution in [-0.4, -0.2) is 34.4 Å². The van der Waals surface area contributed by atoms with Crippen molar-refractivity contribution >= 4 is 50.6 Å². The maximum Gasteiger partial charge on any atom is 0.417 e. The number of hydrogen-bond acceptors (Lipinski definition) is 6. The van der Waals surface area contributed by atoms with Gasteiger partial charge in [0.25, 0.3) is 0 Å². The molecule has 1 aromatic carbocycles. The number of benzene rings is 1. The molecule has 1 aliphatic carbocycles. The van der Waals surface area contributed by atoms with E-state index in [2.05, 4.69) is 15.3 Å². The molecule has 2 heterocycles. The number of fused-ring (bicyclic) bond motifs is 3. The Hall–Kier alpha value is -2.43. The van der Waals surface area contributed by atoms with Crippen molar-refractivity contribution in [1.29, 1.82) is 0 Å². The zero-order valence-electron chi connectivity index (χ0n) is 17.2. The fourth-order valence-corrected chi connectivity index (χ4v) is 5.38. The summed E-state index contributed by atoms with van der Waals surface area (Å²) in [6.07, 6.45) is -0.285. The fraction of sp³-hybridized carbons (Fsp3) is 0.381. The molecule has 2 aromatic heterocycles. The Morgan fingerprint density at radius 2 is 2.03 bits per heavy atom. The molecule has 0 fully saturated rings. The summed E-state index contributed by atoms with van der Waals surface area (Å²) in [4.78, 5) is 25.2. The number of likely N-dealkylation sites (N-methyl/N-ethyl adjacent to an activating group) is 1. The van der Waals surface area contributed by atoms with Crippen molar-refractivity contribution in [2.45, 2.75) is 38.4 Å². The number of carbonyl (C=O) groups excluding carboxylic acids is 1. The van der Waals surface area contributed by atoms with Crippen LogP contribution in [0.15, 0.2) is 18.2 Å². The summed E-state index contributed by atoms with van der Waals surface area (Å²) in [5.74, 6) is 0.474. The number of aryl methyl sites for hydroxylation is 2. The summed E-state index contributed by atoms with van der Waals surface area (Å²) in [5.41, 5.74) is 6.50. The van der Waals surface area contributed by atoms with Gasteiger partial charge in [-0.2, -0.15) is 13.2 Å². The van der Waals surface area contributed by atoms with Crippen LogP contribution in [0.4, 0.5) is 24.7 Å². The molecule has 170 valence electrons. The summed E-state index contributed by atoms with van der Waals surface area (Å²) in [6, 6.07) is 3.25. The van der Waals surface area contributed by atoms with Crippen LogP contribution in [0.25, 0.3) is 10.2 Å². The number of nitrogens with zero attached hydrogens (tertiary/aromatic N) is 3. The molecule has 4 rings (SSSR count). The smallest absolute Gasteiger partial charge is 0.383 e. The number of rotatable bonds is 5. The van der Waals surface area contributed by atoms with Crippen LogP contribution in [-0.2, 0) is 30.4 Å². The van der Waals surface area contributed by atoms with Crippen molar-refractivity contribution in [1.82, 2.24) is 14.9 Å². The average Bonchev–Trinajstić information content (AvgIpc) is 3.07. The predicted molar refractivity (Wildman–Crippen MR) is 120 cm³/mol. The lowest BCUT2D eigenvalue weighted by molar-refractivity contribution is -0.137. The maximum atomic E-state index is 13.0. The third-order valence-electron chi connectivity index (χ3n) is 5.27. The highest BCUT2D eigenvalue weighted by atomic mass is 35.5. The first kappa shape index (κ1) is 22.8. The standard InChI is InChI=1S/C21H21ClF3N5OS/c1-30(10-17(31)27-11-6-7-14(22)13(8-11)21(23,24)25)9-16-28-19(26)18-12-4-2-3-5-15(12)32-20(18)29-16/h6-8H,2-5,9-10H2,1H3,(H,27,31)(H2,26,28,29). The first-order chi connectivity index (χ1) is 15.1. The van der Waals surface area contributed by atoms with E-state index < -0.39 is 22.7 Å². The van der Waals surface area contributed by atoms with Gasteiger partial charge in [0.05, 0.1) is 29.1 Å². The normalized spacial score (nSPS) is 14.1. The Morgan fingerprint density at radius 3 is 2.78 bits per heavy atom. The number of anilines is 2. The lowest BCUT2D eigenvalue weighted by Gasteiger charge is -2.16. The van der Waals surface area contributed by atoms with E-state index in [1.807, 2.05) is 0 Å². The van der Waals surface area contributed by atoms with Gasteiger partial charge in [-0.15, -0.1) is 11.3 Å². The van der Waals surface area contributed by atoms with Gasteiger partial charge in [-0.25, -0.2) is 9.97 Å². The van der Waals surface area contributed by atoms with E-state index in [1.165, 1.54) is 16.5 Å². The average molecular weight is 484 g/mol. The molecule has 0 saturated heterocycles. The van der Waals surface area contributed by atoms with E-state index in [4.69, 9.17) is 17.3 Å². The van der Waals surface area contributed by atoms with E-state index in [9.17, 15) is 18.0 Å². The third kappa shape index (κ3) is 4.82. The number of nitrogens with two attached hydrogens (primary N) is 1. The fourth-order valence-electron chi connectivity index (χ4n) is 3.87. The molecule has 0 unspecified atom stereocenters. The van der Waals surface area contributed by atoms with E-state index in [0.717, 1.165) is 48.0 Å². The van der Waals surface area contributed by atoms with Gasteiger partial charge in [0.15, 0.2) is 0 Å². The van der Waals surface area contributed by atoms with Crippen LogP contribution in [0.1, 0.15) is 34.7 Å². The quantitative estimate of drug-likeness (QED) is 0.539. The SMILES string of the molecule is CN(CC(=O)Nc1ccc(Cl)c(C(F)(F)F)c1)Cc1nc(N)c2c3c(sc2n1)CCCC3. The second-order valence-electron chi connectivity index (χ2n) is 7.83. The monoisotopic (exact) mass is 483 g/mol. The van der Waals surface area contributed by atoms with Crippen molar-refractivity contribution in [3.05, 3.63) is 45.1 Å². The third-order valence-corrected chi connectivity index (χ3v) is 6.78. The Labute approximate surface area is 191 Å². The molecular weight excluding hydrogens is 463 g/mol. The number of alkyl halides is 3. The molecule has 3 aromatic rings. The van der Waals surface area contributed by atoms with Crippen molar-refractivity contribution in [3.63, 3.8) is 0 Å². The van der Waals surface area contributed by atoms with E-state index in [-0.39, 0.29) is 18.8 Å². The number of thiophene rings is 1. The Kier molecular flexibility index (Phi) is 6.28. The number of hydrogen-bond donors (Lipinski definition) is 2. The highest BCUT2D eigenvalue weighted by molar-refractivity contribution is 7.19. The van der Waals surface area contributed by atoms with Gasteiger partial charge < -0.3 is 11.1 Å². The number of aromatic nitrogens is 2. The van der Waals surface area contributed by atoms with Crippen molar-refractivity contribution in [2.75, 3.05) is 24.6 Å². The van der Waals surface area contributed by atoms with Crippen molar-refractivity contribution < 1.29 is 18.0 Å². The zero-order valence-corrected chi connectivity index (χ0v) is 18.8. The largest absolute Gasteiger partial charge is 0.417 e. The summed E-state index contributed by atoms with van der Waals surface area (Å²) in [7, 11) is 1.70. The van der Waals surface area contributed by atoms with Crippen LogP contribution in [0.2, 0.25) is 5.02 Å². The van der Waals surface area contributed by atoms with Gasteiger partial charge in [-0.3, -0.25) is 9.69 Å². The second-order valence-corrected chi connectivity index (χ2v) is 9.32. The van der Waals surface area contributed by atoms with E-state index in [0.29, 0.717) is 11.6 Å². The second kappa shape index (κ2) is 8.84. The molecule has 0 bridgehead atoms. The van der Waals surface area contributed by atoms with Gasteiger partial charge in [-0.05, 0) is 56.5 Å². The molecule has 0 spiro atoms. The van der Waals surface area contributed by atoms with Crippen LogP contribution in [0.5, 0.6) is 0 Å². The molecule has 0 aliphatic heterocycles. The van der Waals surface area contributed by atoms with Gasteiger partial charge in [0.1, 0.15) is 16.5 Å². The summed E-state index contributed by atoms with van der Waals surface area (Å²) in [6.45, 7) is 0.205. The Balaban J connectivity index is 1.43. The molecule has 1 amide bonds. The van der Waals surface area contributed by atoms with Crippen molar-refractivity contribution in [2.24, 2.45) is 0 Å². The number of carbonyl (C=O) groups is 1. The highest BCUT2D eigenvalue weighted by Crippen LogP contribution is 2.38. The first-order valence-electron chi connectivity index (χ1n) is 10.0. The molecule has 0 saturated carbocycles. The zero-order chi connectivity index (χ0) is 23.0. The van der Waals surface area contributed by atoms with Crippen LogP contribution in [0.3, 0.4) is 0 Å². The van der Waals surface area contributed by atoms with Gasteiger partial charge in [0.2, 0.25) is 5.91 Å². The van der Waals surface area contributed by atoms with Crippen LogP contribution >= 0.6 is 22.9 Å². The molecule has 1 aliphatic rings. The molecule has 0 radical (unpaired) electrons. The molecule has 32 heavy (non-hydrogen) atoms. The van der Waals surface area contributed by atoms with Crippen molar-refractivity contribution in [3.8, 4) is 0 Å². The van der Waals surface area contributed by atoms with Gasteiger partial charge in [-0.1, -0.05) is 11.6 Å². The molecular formula is C21H21ClF3N5OS. The molecule has 0 atom stereocenters. The van der Waals surface area contributed by atoms with Gasteiger partial charge >= 0.3 is 6.18 Å². The minimum absolute atomic E-state index is 0.0196.